The van der Waals surface area contributed by atoms with Crippen LogP contribution in [0.2, 0.25) is 0 Å². The number of carbonyl (C=O) groups excluding carboxylic acids is 3. The summed E-state index contributed by atoms with van der Waals surface area (Å²) in [5, 5.41) is 5.38. The number of amides is 2. The fraction of sp³-hybridized carbons (Fsp3) is 0.0588. The molecule has 6 rings (SSSR count). The lowest BCUT2D eigenvalue weighted by Gasteiger charge is -2.16. The quantitative estimate of drug-likeness (QED) is 0.143. The Balaban J connectivity index is 1.33. The van der Waals surface area contributed by atoms with Crippen molar-refractivity contribution in [1.82, 2.24) is 10.3 Å². The number of hydrogen-bond donors (Lipinski definition) is 2. The van der Waals surface area contributed by atoms with Crippen LogP contribution in [0.4, 0.5) is 23.7 Å². The number of anilines is 1. The second kappa shape index (κ2) is 11.8. The first-order valence-electron chi connectivity index (χ1n) is 13.4. The summed E-state index contributed by atoms with van der Waals surface area (Å²) in [5.74, 6) is -0.769. The van der Waals surface area contributed by atoms with Gasteiger partial charge in [0.25, 0.3) is 11.1 Å². The topological polar surface area (TPSA) is 88.2 Å². The highest BCUT2D eigenvalue weighted by molar-refractivity contribution is 8.18. The largest absolute Gasteiger partial charge is 0.418 e. The lowest BCUT2D eigenvalue weighted by atomic mass is 9.91. The molecular weight excluding hydrogens is 587 g/mol. The molecule has 44 heavy (non-hydrogen) atoms. The number of imide groups is 1. The average molecular weight is 610 g/mol. The summed E-state index contributed by atoms with van der Waals surface area (Å²) >= 11 is 0.852. The van der Waals surface area contributed by atoms with Gasteiger partial charge in [0.2, 0.25) is 0 Å². The van der Waals surface area contributed by atoms with Crippen molar-refractivity contribution in [2.75, 3.05) is 5.32 Å². The van der Waals surface area contributed by atoms with Crippen LogP contribution >= 0.6 is 11.8 Å². The Morgan fingerprint density at radius 3 is 2.36 bits per heavy atom. The lowest BCUT2D eigenvalue weighted by molar-refractivity contribution is -0.136. The van der Waals surface area contributed by atoms with E-state index in [2.05, 4.69) is 15.6 Å². The SMILES string of the molecule is O=C1NC(=O)C(=Cc2ccc(CNc3cccc(-c4c(C(=O)c5ccccc5)cnc5c(C(F)(F)F)cccc45)c3)cc2)S1. The van der Waals surface area contributed by atoms with Crippen molar-refractivity contribution in [3.63, 3.8) is 0 Å². The maximum Gasteiger partial charge on any atom is 0.418 e. The minimum atomic E-state index is -4.62. The third-order valence-corrected chi connectivity index (χ3v) is 7.86. The molecular formula is C34H22F3N3O3S. The molecule has 218 valence electrons. The van der Waals surface area contributed by atoms with Crippen LogP contribution in [-0.4, -0.2) is 21.9 Å². The van der Waals surface area contributed by atoms with E-state index in [-0.39, 0.29) is 22.2 Å². The normalized spacial score (nSPS) is 14.2. The van der Waals surface area contributed by atoms with Crippen LogP contribution in [0.3, 0.4) is 0 Å². The maximum atomic E-state index is 13.9. The summed E-state index contributed by atoms with van der Waals surface area (Å²) in [4.78, 5) is 41.3. The molecule has 2 heterocycles. The first-order chi connectivity index (χ1) is 21.2. The Bertz CT molecular complexity index is 1960. The number of alkyl halides is 3. The summed E-state index contributed by atoms with van der Waals surface area (Å²) in [7, 11) is 0. The summed E-state index contributed by atoms with van der Waals surface area (Å²) < 4.78 is 41.7. The highest BCUT2D eigenvalue weighted by Gasteiger charge is 2.34. The third kappa shape index (κ3) is 5.97. The van der Waals surface area contributed by atoms with Gasteiger partial charge in [-0.25, -0.2) is 0 Å². The smallest absolute Gasteiger partial charge is 0.381 e. The number of halogens is 3. The highest BCUT2D eigenvalue weighted by Crippen LogP contribution is 2.39. The molecule has 6 nitrogen and oxygen atoms in total. The van der Waals surface area contributed by atoms with Crippen molar-refractivity contribution < 1.29 is 27.6 Å². The standard InChI is InChI=1S/C34H22F3N3O3S/c35-34(36,37)27-11-5-10-25-29(26(19-39-30(25)27)31(41)22-6-2-1-3-7-22)23-8-4-9-24(17-23)38-18-21-14-12-20(13-15-21)16-28-32(42)40-33(43)44-28/h1-17,19,38H,18H2,(H,40,42,43). The van der Waals surface area contributed by atoms with Gasteiger partial charge in [0.05, 0.1) is 16.0 Å². The molecule has 1 aromatic heterocycles. The summed E-state index contributed by atoms with van der Waals surface area (Å²) in [6.45, 7) is 0.430. The van der Waals surface area contributed by atoms with Gasteiger partial charge in [0, 0.05) is 40.5 Å². The van der Waals surface area contributed by atoms with E-state index in [1.807, 2.05) is 30.3 Å². The Morgan fingerprint density at radius 1 is 0.909 bits per heavy atom. The van der Waals surface area contributed by atoms with Crippen LogP contribution in [0.5, 0.6) is 0 Å². The van der Waals surface area contributed by atoms with E-state index < -0.39 is 22.9 Å². The number of fused-ring (bicyclic) bond motifs is 1. The van der Waals surface area contributed by atoms with Crippen LogP contribution < -0.4 is 10.6 Å². The fourth-order valence-corrected chi connectivity index (χ4v) is 5.66. The number of nitrogens with zero attached hydrogens (tertiary/aromatic N) is 1. The molecule has 1 fully saturated rings. The minimum absolute atomic E-state index is 0.195. The zero-order valence-electron chi connectivity index (χ0n) is 22.8. The van der Waals surface area contributed by atoms with E-state index >= 15 is 0 Å². The second-order valence-corrected chi connectivity index (χ2v) is 11.0. The first kappa shape index (κ1) is 28.9. The molecule has 5 aromatic rings. The molecule has 10 heteroatoms. The second-order valence-electron chi connectivity index (χ2n) is 9.97. The maximum absolute atomic E-state index is 13.9. The van der Waals surface area contributed by atoms with Gasteiger partial charge in [-0.15, -0.1) is 0 Å². The highest BCUT2D eigenvalue weighted by atomic mass is 32.2. The van der Waals surface area contributed by atoms with Crippen molar-refractivity contribution >= 4 is 51.4 Å². The predicted molar refractivity (Wildman–Crippen MR) is 165 cm³/mol. The van der Waals surface area contributed by atoms with Gasteiger partial charge >= 0.3 is 6.18 Å². The zero-order chi connectivity index (χ0) is 30.8. The van der Waals surface area contributed by atoms with Crippen molar-refractivity contribution in [3.8, 4) is 11.1 Å². The number of thioether (sulfide) groups is 1. The average Bonchev–Trinajstić information content (AvgIpc) is 3.35. The van der Waals surface area contributed by atoms with E-state index in [0.717, 1.165) is 29.0 Å². The van der Waals surface area contributed by atoms with Crippen LogP contribution in [0.1, 0.15) is 32.6 Å². The number of nitrogens with one attached hydrogen (secondary N) is 2. The molecule has 0 atom stereocenters. The van der Waals surface area contributed by atoms with Gasteiger partial charge in [-0.2, -0.15) is 13.2 Å². The summed E-state index contributed by atoms with van der Waals surface area (Å²) in [6, 6.07) is 27.0. The van der Waals surface area contributed by atoms with Gasteiger partial charge in [-0.05, 0) is 52.7 Å². The van der Waals surface area contributed by atoms with E-state index in [1.54, 1.807) is 60.7 Å². The molecule has 2 amide bonds. The monoisotopic (exact) mass is 609 g/mol. The predicted octanol–water partition coefficient (Wildman–Crippen LogP) is 8.09. The van der Waals surface area contributed by atoms with Crippen LogP contribution in [0.25, 0.3) is 28.1 Å². The Labute approximate surface area is 254 Å². The molecule has 1 aliphatic heterocycles. The number of para-hydroxylation sites is 1. The van der Waals surface area contributed by atoms with Crippen LogP contribution in [0.15, 0.2) is 108 Å². The summed E-state index contributed by atoms with van der Waals surface area (Å²) in [5.41, 5.74) is 2.81. The number of aromatic nitrogens is 1. The number of pyridine rings is 1. The molecule has 4 aromatic carbocycles. The number of benzene rings is 4. The molecule has 0 spiro atoms. The van der Waals surface area contributed by atoms with Gasteiger partial charge < -0.3 is 5.32 Å². The Kier molecular flexibility index (Phi) is 7.75. The number of ketones is 1. The van der Waals surface area contributed by atoms with Gasteiger partial charge in [0.15, 0.2) is 5.78 Å². The van der Waals surface area contributed by atoms with E-state index in [1.165, 1.54) is 12.3 Å². The molecule has 0 saturated carbocycles. The van der Waals surface area contributed by atoms with Crippen molar-refractivity contribution in [2.24, 2.45) is 0 Å². The zero-order valence-corrected chi connectivity index (χ0v) is 23.6. The van der Waals surface area contributed by atoms with Crippen LogP contribution in [0, 0.1) is 0 Å². The Morgan fingerprint density at radius 2 is 1.66 bits per heavy atom. The molecule has 0 radical (unpaired) electrons. The molecule has 1 saturated heterocycles. The van der Waals surface area contributed by atoms with Crippen molar-refractivity contribution in [1.29, 1.82) is 0 Å². The molecule has 0 unspecified atom stereocenters. The molecule has 1 aliphatic rings. The Hall–Kier alpha value is -5.22. The lowest BCUT2D eigenvalue weighted by Crippen LogP contribution is -2.17. The molecule has 0 aliphatic carbocycles. The number of hydrogen-bond acceptors (Lipinski definition) is 6. The number of rotatable bonds is 7. The molecule has 2 N–H and O–H groups in total. The fourth-order valence-electron chi connectivity index (χ4n) is 4.97. The van der Waals surface area contributed by atoms with E-state index in [9.17, 15) is 27.6 Å². The number of carbonyl (C=O) groups is 3. The van der Waals surface area contributed by atoms with Gasteiger partial charge in [-0.3, -0.25) is 24.7 Å². The van der Waals surface area contributed by atoms with Gasteiger partial charge in [-0.1, -0.05) is 78.9 Å². The minimum Gasteiger partial charge on any atom is -0.381 e. The van der Waals surface area contributed by atoms with Crippen LogP contribution in [-0.2, 0) is 17.5 Å². The molecule has 0 bridgehead atoms. The first-order valence-corrected chi connectivity index (χ1v) is 14.3. The third-order valence-electron chi connectivity index (χ3n) is 7.05. The summed E-state index contributed by atoms with van der Waals surface area (Å²) in [6.07, 6.45) is -1.75. The van der Waals surface area contributed by atoms with Crippen molar-refractivity contribution in [2.45, 2.75) is 12.7 Å². The van der Waals surface area contributed by atoms with Crippen molar-refractivity contribution in [3.05, 3.63) is 136 Å². The van der Waals surface area contributed by atoms with Gasteiger partial charge in [0.1, 0.15) is 0 Å². The van der Waals surface area contributed by atoms with E-state index in [4.69, 9.17) is 0 Å². The van der Waals surface area contributed by atoms with E-state index in [0.29, 0.717) is 33.8 Å².